The van der Waals surface area contributed by atoms with Gasteiger partial charge in [-0.05, 0) is 48.7 Å². The number of aryl methyl sites for hydroxylation is 1. The Kier molecular flexibility index (Phi) is 4.61. The predicted molar refractivity (Wildman–Crippen MR) is 80.0 cm³/mol. The fourth-order valence-corrected chi connectivity index (χ4v) is 2.93. The minimum absolute atomic E-state index is 0.0341. The average molecular weight is 275 g/mol. The van der Waals surface area contributed by atoms with Crippen LogP contribution in [0.2, 0.25) is 0 Å². The van der Waals surface area contributed by atoms with E-state index < -0.39 is 0 Å². The molecule has 1 atom stereocenters. The van der Waals surface area contributed by atoms with Gasteiger partial charge in [0.1, 0.15) is 5.82 Å². The van der Waals surface area contributed by atoms with Crippen LogP contribution in [-0.2, 0) is 0 Å². The number of rotatable bonds is 4. The maximum atomic E-state index is 13.1. The van der Waals surface area contributed by atoms with Crippen LogP contribution in [0.15, 0.2) is 47.4 Å². The molecule has 0 saturated heterocycles. The second-order valence-electron chi connectivity index (χ2n) is 4.66. The highest BCUT2D eigenvalue weighted by molar-refractivity contribution is 7.99. The molecule has 0 aliphatic heterocycles. The minimum Gasteiger partial charge on any atom is -0.323 e. The van der Waals surface area contributed by atoms with E-state index in [9.17, 15) is 4.39 Å². The van der Waals surface area contributed by atoms with E-state index in [4.69, 9.17) is 5.73 Å². The molecule has 0 heterocycles. The van der Waals surface area contributed by atoms with Crippen LogP contribution in [0.3, 0.4) is 0 Å². The molecule has 1 nitrogen and oxygen atoms in total. The number of hydrogen-bond donors (Lipinski definition) is 1. The molecule has 0 aliphatic carbocycles. The first-order chi connectivity index (χ1) is 9.08. The van der Waals surface area contributed by atoms with E-state index in [1.807, 2.05) is 12.1 Å². The van der Waals surface area contributed by atoms with Crippen molar-refractivity contribution in [3.63, 3.8) is 0 Å². The lowest BCUT2D eigenvalue weighted by Gasteiger charge is -2.16. The number of hydrogen-bond acceptors (Lipinski definition) is 2. The molecule has 0 saturated carbocycles. The SMILES string of the molecule is Cc1cccc(C(N)CSc2cccc(F)c2)c1C. The molecular formula is C16H18FNS. The Morgan fingerprint density at radius 3 is 2.63 bits per heavy atom. The minimum atomic E-state index is -0.203. The summed E-state index contributed by atoms with van der Waals surface area (Å²) in [6.07, 6.45) is 0. The Morgan fingerprint density at radius 2 is 1.89 bits per heavy atom. The number of nitrogens with two attached hydrogens (primary N) is 1. The zero-order valence-electron chi connectivity index (χ0n) is 11.2. The van der Waals surface area contributed by atoms with Crippen molar-refractivity contribution >= 4 is 11.8 Å². The Hall–Kier alpha value is -1.32. The van der Waals surface area contributed by atoms with Gasteiger partial charge in [-0.3, -0.25) is 0 Å². The summed E-state index contributed by atoms with van der Waals surface area (Å²) in [4.78, 5) is 0.917. The first-order valence-corrected chi connectivity index (χ1v) is 7.26. The zero-order chi connectivity index (χ0) is 13.8. The fraction of sp³-hybridized carbons (Fsp3) is 0.250. The first kappa shape index (κ1) is 14.1. The third-order valence-corrected chi connectivity index (χ3v) is 4.38. The van der Waals surface area contributed by atoms with Crippen molar-refractivity contribution in [3.05, 3.63) is 65.0 Å². The van der Waals surface area contributed by atoms with Crippen molar-refractivity contribution < 1.29 is 4.39 Å². The van der Waals surface area contributed by atoms with Crippen LogP contribution in [-0.4, -0.2) is 5.75 Å². The third kappa shape index (κ3) is 3.58. The van der Waals surface area contributed by atoms with Crippen LogP contribution in [0.25, 0.3) is 0 Å². The van der Waals surface area contributed by atoms with Gasteiger partial charge < -0.3 is 5.73 Å². The van der Waals surface area contributed by atoms with Gasteiger partial charge in [-0.25, -0.2) is 4.39 Å². The molecule has 0 aromatic heterocycles. The van der Waals surface area contributed by atoms with Crippen molar-refractivity contribution in [3.8, 4) is 0 Å². The van der Waals surface area contributed by atoms with Gasteiger partial charge in [-0.15, -0.1) is 11.8 Å². The van der Waals surface area contributed by atoms with Crippen molar-refractivity contribution in [2.24, 2.45) is 5.73 Å². The molecule has 2 aromatic rings. The van der Waals surface area contributed by atoms with Crippen molar-refractivity contribution in [1.82, 2.24) is 0 Å². The van der Waals surface area contributed by atoms with Gasteiger partial charge in [0.25, 0.3) is 0 Å². The highest BCUT2D eigenvalue weighted by Gasteiger charge is 2.10. The van der Waals surface area contributed by atoms with Crippen molar-refractivity contribution in [1.29, 1.82) is 0 Å². The fourth-order valence-electron chi connectivity index (χ4n) is 2.01. The first-order valence-electron chi connectivity index (χ1n) is 6.28. The molecule has 2 rings (SSSR count). The van der Waals surface area contributed by atoms with Gasteiger partial charge in [0.15, 0.2) is 0 Å². The van der Waals surface area contributed by atoms with Gasteiger partial charge in [0, 0.05) is 16.7 Å². The van der Waals surface area contributed by atoms with Crippen LogP contribution in [0.5, 0.6) is 0 Å². The molecule has 0 aliphatic rings. The number of thioether (sulfide) groups is 1. The lowest BCUT2D eigenvalue weighted by molar-refractivity contribution is 0.624. The standard InChI is InChI=1S/C16H18FNS/c1-11-5-3-8-15(12(11)2)16(18)10-19-14-7-4-6-13(17)9-14/h3-9,16H,10,18H2,1-2H3. The molecule has 0 amide bonds. The lowest BCUT2D eigenvalue weighted by atomic mass is 9.99. The third-order valence-electron chi connectivity index (χ3n) is 3.27. The molecule has 0 spiro atoms. The second kappa shape index (κ2) is 6.22. The number of halogens is 1. The lowest BCUT2D eigenvalue weighted by Crippen LogP contribution is -2.14. The summed E-state index contributed by atoms with van der Waals surface area (Å²) >= 11 is 1.59. The highest BCUT2D eigenvalue weighted by atomic mass is 32.2. The summed E-state index contributed by atoms with van der Waals surface area (Å²) in [5, 5.41) is 0. The van der Waals surface area contributed by atoms with Crippen molar-refractivity contribution in [2.75, 3.05) is 5.75 Å². The van der Waals surface area contributed by atoms with E-state index in [0.717, 1.165) is 10.6 Å². The number of benzene rings is 2. The van der Waals surface area contributed by atoms with E-state index in [2.05, 4.69) is 26.0 Å². The van der Waals surface area contributed by atoms with Gasteiger partial charge >= 0.3 is 0 Å². The normalized spacial score (nSPS) is 12.4. The van der Waals surface area contributed by atoms with E-state index in [1.165, 1.54) is 22.8 Å². The van der Waals surface area contributed by atoms with Gasteiger partial charge in [-0.2, -0.15) is 0 Å². The smallest absolute Gasteiger partial charge is 0.124 e. The summed E-state index contributed by atoms with van der Waals surface area (Å²) in [6.45, 7) is 4.18. The second-order valence-corrected chi connectivity index (χ2v) is 5.76. The highest BCUT2D eigenvalue weighted by Crippen LogP contribution is 2.26. The van der Waals surface area contributed by atoms with Crippen LogP contribution in [0.4, 0.5) is 4.39 Å². The summed E-state index contributed by atoms with van der Waals surface area (Å²) in [7, 11) is 0. The van der Waals surface area contributed by atoms with Crippen molar-refractivity contribution in [2.45, 2.75) is 24.8 Å². The largest absolute Gasteiger partial charge is 0.323 e. The molecule has 0 radical (unpaired) electrons. The summed E-state index contributed by atoms with van der Waals surface area (Å²) in [5.74, 6) is 0.540. The topological polar surface area (TPSA) is 26.0 Å². The molecule has 0 bridgehead atoms. The quantitative estimate of drug-likeness (QED) is 0.845. The summed E-state index contributed by atoms with van der Waals surface area (Å²) < 4.78 is 13.1. The molecule has 1 unspecified atom stereocenters. The van der Waals surface area contributed by atoms with Crippen LogP contribution in [0, 0.1) is 19.7 Å². The van der Waals surface area contributed by atoms with Gasteiger partial charge in [0.05, 0.1) is 0 Å². The molecule has 0 fully saturated rings. The monoisotopic (exact) mass is 275 g/mol. The van der Waals surface area contributed by atoms with Gasteiger partial charge in [-0.1, -0.05) is 24.3 Å². The molecule has 19 heavy (non-hydrogen) atoms. The Labute approximate surface area is 118 Å². The maximum Gasteiger partial charge on any atom is 0.124 e. The zero-order valence-corrected chi connectivity index (χ0v) is 12.0. The maximum absolute atomic E-state index is 13.1. The Morgan fingerprint density at radius 1 is 1.16 bits per heavy atom. The molecule has 2 aromatic carbocycles. The molecule has 3 heteroatoms. The Balaban J connectivity index is 2.05. The predicted octanol–water partition coefficient (Wildman–Crippen LogP) is 4.23. The summed E-state index contributed by atoms with van der Waals surface area (Å²) in [6, 6.07) is 12.8. The van der Waals surface area contributed by atoms with Crippen LogP contribution in [0.1, 0.15) is 22.7 Å². The average Bonchev–Trinajstić information content (AvgIpc) is 2.39. The van der Waals surface area contributed by atoms with E-state index in [-0.39, 0.29) is 11.9 Å². The molecule has 100 valence electrons. The van der Waals surface area contributed by atoms with E-state index in [1.54, 1.807) is 23.9 Å². The molecule has 2 N–H and O–H groups in total. The van der Waals surface area contributed by atoms with Crippen LogP contribution < -0.4 is 5.73 Å². The van der Waals surface area contributed by atoms with Gasteiger partial charge in [0.2, 0.25) is 0 Å². The van der Waals surface area contributed by atoms with E-state index in [0.29, 0.717) is 0 Å². The van der Waals surface area contributed by atoms with E-state index >= 15 is 0 Å². The summed E-state index contributed by atoms with van der Waals surface area (Å²) in [5.41, 5.74) is 9.90. The molecular weight excluding hydrogens is 257 g/mol. The van der Waals surface area contributed by atoms with Crippen LogP contribution >= 0.6 is 11.8 Å². The Bertz CT molecular complexity index is 568.